The second-order valence-corrected chi connectivity index (χ2v) is 6.94. The number of aromatic carboxylic acids is 1. The summed E-state index contributed by atoms with van der Waals surface area (Å²) in [5, 5.41) is 22.4. The molecule has 0 spiro atoms. The third-order valence-corrected chi connectivity index (χ3v) is 5.07. The number of aliphatic hydroxyl groups excluding tert-OH is 1. The Morgan fingerprint density at radius 1 is 1.12 bits per heavy atom. The predicted molar refractivity (Wildman–Crippen MR) is 101 cm³/mol. The first-order chi connectivity index (χ1) is 12.7. The summed E-state index contributed by atoms with van der Waals surface area (Å²) in [6, 6.07) is 17.6. The second kappa shape index (κ2) is 8.94. The van der Waals surface area contributed by atoms with Crippen molar-refractivity contribution in [1.29, 1.82) is 0 Å². The summed E-state index contributed by atoms with van der Waals surface area (Å²) in [5.41, 5.74) is 2.54. The summed E-state index contributed by atoms with van der Waals surface area (Å²) >= 11 is 0. The Labute approximate surface area is 154 Å². The fourth-order valence-corrected chi connectivity index (χ4v) is 3.57. The number of nitrogens with one attached hydrogen (secondary N) is 1. The molecule has 1 heterocycles. The van der Waals surface area contributed by atoms with Crippen molar-refractivity contribution in [2.24, 2.45) is 5.92 Å². The average Bonchev–Trinajstić information content (AvgIpc) is 2.67. The molecule has 26 heavy (non-hydrogen) atoms. The largest absolute Gasteiger partial charge is 0.478 e. The lowest BCUT2D eigenvalue weighted by atomic mass is 9.91. The van der Waals surface area contributed by atoms with Gasteiger partial charge in [0.25, 0.3) is 0 Å². The van der Waals surface area contributed by atoms with Crippen LogP contribution in [0.1, 0.15) is 27.9 Å². The van der Waals surface area contributed by atoms with Crippen LogP contribution in [0.5, 0.6) is 0 Å². The highest BCUT2D eigenvalue weighted by molar-refractivity contribution is 5.87. The number of benzene rings is 2. The second-order valence-electron chi connectivity index (χ2n) is 6.94. The zero-order valence-corrected chi connectivity index (χ0v) is 14.8. The summed E-state index contributed by atoms with van der Waals surface area (Å²) in [4.78, 5) is 13.5. The van der Waals surface area contributed by atoms with Crippen LogP contribution in [0.15, 0.2) is 54.6 Å². The Morgan fingerprint density at radius 2 is 1.88 bits per heavy atom. The zero-order valence-electron chi connectivity index (χ0n) is 14.8. The van der Waals surface area contributed by atoms with Crippen molar-refractivity contribution in [3.8, 4) is 0 Å². The monoisotopic (exact) mass is 354 g/mol. The van der Waals surface area contributed by atoms with Crippen LogP contribution in [-0.4, -0.2) is 46.8 Å². The van der Waals surface area contributed by atoms with Crippen molar-refractivity contribution in [3.63, 3.8) is 0 Å². The van der Waals surface area contributed by atoms with Crippen LogP contribution in [0.3, 0.4) is 0 Å². The van der Waals surface area contributed by atoms with Gasteiger partial charge in [0.05, 0.1) is 5.56 Å². The Bertz CT molecular complexity index is 720. The van der Waals surface area contributed by atoms with E-state index in [4.69, 9.17) is 5.11 Å². The summed E-state index contributed by atoms with van der Waals surface area (Å²) in [6.45, 7) is 3.53. The van der Waals surface area contributed by atoms with Crippen LogP contribution < -0.4 is 5.32 Å². The highest BCUT2D eigenvalue weighted by atomic mass is 16.4. The molecule has 1 saturated heterocycles. The molecule has 1 aliphatic heterocycles. The molecule has 0 bridgehead atoms. The van der Waals surface area contributed by atoms with E-state index in [1.54, 1.807) is 18.2 Å². The first kappa shape index (κ1) is 18.6. The fourth-order valence-electron chi connectivity index (χ4n) is 3.57. The van der Waals surface area contributed by atoms with Crippen molar-refractivity contribution in [3.05, 3.63) is 71.3 Å². The SMILES string of the molecule is O=C(O)c1cccc(CNC2CN(Cc3ccccc3)CCC2CO)c1. The molecule has 2 atom stereocenters. The minimum Gasteiger partial charge on any atom is -0.478 e. The molecule has 138 valence electrons. The van der Waals surface area contributed by atoms with Crippen molar-refractivity contribution in [1.82, 2.24) is 10.2 Å². The van der Waals surface area contributed by atoms with Gasteiger partial charge in [-0.1, -0.05) is 42.5 Å². The number of aliphatic hydroxyl groups is 1. The molecular formula is C21H26N2O3. The molecule has 2 aromatic rings. The Morgan fingerprint density at radius 3 is 2.62 bits per heavy atom. The van der Waals surface area contributed by atoms with E-state index in [9.17, 15) is 9.90 Å². The average molecular weight is 354 g/mol. The molecule has 2 aromatic carbocycles. The van der Waals surface area contributed by atoms with E-state index in [1.165, 1.54) is 5.56 Å². The van der Waals surface area contributed by atoms with Crippen molar-refractivity contribution in [2.45, 2.75) is 25.6 Å². The van der Waals surface area contributed by atoms with Crippen LogP contribution in [0.2, 0.25) is 0 Å². The van der Waals surface area contributed by atoms with Crippen molar-refractivity contribution in [2.75, 3.05) is 19.7 Å². The molecule has 3 N–H and O–H groups in total. The Balaban J connectivity index is 1.60. The molecule has 0 aromatic heterocycles. The third-order valence-electron chi connectivity index (χ3n) is 5.07. The van der Waals surface area contributed by atoms with E-state index in [-0.39, 0.29) is 18.6 Å². The van der Waals surface area contributed by atoms with Crippen LogP contribution in [0.25, 0.3) is 0 Å². The molecular weight excluding hydrogens is 328 g/mol. The minimum absolute atomic E-state index is 0.173. The normalized spacial score (nSPS) is 20.8. The molecule has 5 heteroatoms. The number of rotatable bonds is 7. The highest BCUT2D eigenvalue weighted by Crippen LogP contribution is 2.20. The number of nitrogens with zero attached hydrogens (tertiary/aromatic N) is 1. The maximum atomic E-state index is 11.1. The Hall–Kier alpha value is -2.21. The molecule has 0 aliphatic carbocycles. The quantitative estimate of drug-likeness (QED) is 0.712. The number of hydrogen-bond acceptors (Lipinski definition) is 4. The highest BCUT2D eigenvalue weighted by Gasteiger charge is 2.28. The molecule has 0 saturated carbocycles. The van der Waals surface area contributed by atoms with Gasteiger partial charge in [-0.15, -0.1) is 0 Å². The van der Waals surface area contributed by atoms with Gasteiger partial charge < -0.3 is 15.5 Å². The number of carbonyl (C=O) groups is 1. The van der Waals surface area contributed by atoms with Gasteiger partial charge in [0.15, 0.2) is 0 Å². The van der Waals surface area contributed by atoms with Gasteiger partial charge in [0.2, 0.25) is 0 Å². The summed E-state index contributed by atoms with van der Waals surface area (Å²) in [5.74, 6) is -0.684. The van der Waals surface area contributed by atoms with Gasteiger partial charge in [-0.25, -0.2) is 4.79 Å². The van der Waals surface area contributed by atoms with Gasteiger partial charge in [-0.3, -0.25) is 4.90 Å². The molecule has 0 amide bonds. The van der Waals surface area contributed by atoms with E-state index >= 15 is 0 Å². The maximum Gasteiger partial charge on any atom is 0.335 e. The van der Waals surface area contributed by atoms with Crippen LogP contribution in [0.4, 0.5) is 0 Å². The standard InChI is InChI=1S/C21H26N2O3/c24-15-19-9-10-23(13-16-5-2-1-3-6-16)14-20(19)22-12-17-7-4-8-18(11-17)21(25)26/h1-8,11,19-20,22,24H,9-10,12-15H2,(H,25,26). The van der Waals surface area contributed by atoms with Gasteiger partial charge in [-0.2, -0.15) is 0 Å². The van der Waals surface area contributed by atoms with Gasteiger partial charge >= 0.3 is 5.97 Å². The topological polar surface area (TPSA) is 72.8 Å². The van der Waals surface area contributed by atoms with Gasteiger partial charge in [0, 0.05) is 32.3 Å². The smallest absolute Gasteiger partial charge is 0.335 e. The molecule has 2 unspecified atom stereocenters. The van der Waals surface area contributed by atoms with E-state index in [0.29, 0.717) is 12.1 Å². The Kier molecular flexibility index (Phi) is 6.39. The first-order valence-electron chi connectivity index (χ1n) is 9.08. The van der Waals surface area contributed by atoms with E-state index in [1.807, 2.05) is 12.1 Å². The van der Waals surface area contributed by atoms with Crippen LogP contribution in [-0.2, 0) is 13.1 Å². The van der Waals surface area contributed by atoms with E-state index in [0.717, 1.165) is 31.6 Å². The van der Waals surface area contributed by atoms with E-state index in [2.05, 4.69) is 34.5 Å². The fraction of sp³-hybridized carbons (Fsp3) is 0.381. The number of hydrogen-bond donors (Lipinski definition) is 3. The lowest BCUT2D eigenvalue weighted by Crippen LogP contribution is -2.51. The number of carboxylic acid groups (broad SMARTS) is 1. The molecule has 5 nitrogen and oxygen atoms in total. The lowest BCUT2D eigenvalue weighted by molar-refractivity contribution is 0.0696. The number of carboxylic acids is 1. The van der Waals surface area contributed by atoms with Crippen LogP contribution in [0, 0.1) is 5.92 Å². The molecule has 1 fully saturated rings. The number of likely N-dealkylation sites (tertiary alicyclic amines) is 1. The summed E-state index contributed by atoms with van der Waals surface area (Å²) in [7, 11) is 0. The van der Waals surface area contributed by atoms with Gasteiger partial charge in [-0.05, 0) is 42.1 Å². The van der Waals surface area contributed by atoms with Gasteiger partial charge in [0.1, 0.15) is 0 Å². The molecule has 3 rings (SSSR count). The lowest BCUT2D eigenvalue weighted by Gasteiger charge is -2.38. The van der Waals surface area contributed by atoms with Crippen LogP contribution >= 0.6 is 0 Å². The summed E-state index contributed by atoms with van der Waals surface area (Å²) in [6.07, 6.45) is 0.955. The zero-order chi connectivity index (χ0) is 18.4. The predicted octanol–water partition coefficient (Wildman–Crippen LogP) is 2.36. The third kappa shape index (κ3) is 4.91. The molecule has 0 radical (unpaired) electrons. The van der Waals surface area contributed by atoms with E-state index < -0.39 is 5.97 Å². The maximum absolute atomic E-state index is 11.1. The summed E-state index contributed by atoms with van der Waals surface area (Å²) < 4.78 is 0. The van der Waals surface area contributed by atoms with Crippen molar-refractivity contribution >= 4 is 5.97 Å². The molecule has 1 aliphatic rings. The first-order valence-corrected chi connectivity index (χ1v) is 9.08. The number of piperidine rings is 1. The van der Waals surface area contributed by atoms with Crippen molar-refractivity contribution < 1.29 is 15.0 Å². The minimum atomic E-state index is -0.910.